The van der Waals surface area contributed by atoms with E-state index in [9.17, 15) is 0 Å². The standard InChI is InChI=1S/C11H14BrN5/c1-16-4-3-14-10(16)7-17(2)11-9(12)5-8(13)6-15-11/h3-6H,7,13H2,1-2H3. The number of nitrogen functional groups attached to an aromatic ring is 1. The average molecular weight is 296 g/mol. The molecule has 90 valence electrons. The maximum Gasteiger partial charge on any atom is 0.143 e. The van der Waals surface area contributed by atoms with Crippen molar-refractivity contribution in [3.8, 4) is 0 Å². The van der Waals surface area contributed by atoms with Gasteiger partial charge in [0.2, 0.25) is 0 Å². The van der Waals surface area contributed by atoms with Crippen molar-refractivity contribution in [1.82, 2.24) is 14.5 Å². The van der Waals surface area contributed by atoms with Gasteiger partial charge < -0.3 is 15.2 Å². The molecule has 0 fully saturated rings. The highest BCUT2D eigenvalue weighted by Crippen LogP contribution is 2.25. The van der Waals surface area contributed by atoms with Crippen LogP contribution >= 0.6 is 15.9 Å². The summed E-state index contributed by atoms with van der Waals surface area (Å²) >= 11 is 3.46. The number of imidazole rings is 1. The van der Waals surface area contributed by atoms with Gasteiger partial charge in [0.25, 0.3) is 0 Å². The van der Waals surface area contributed by atoms with Gasteiger partial charge in [0.1, 0.15) is 11.6 Å². The molecule has 17 heavy (non-hydrogen) atoms. The second-order valence-electron chi connectivity index (χ2n) is 3.88. The number of aromatic nitrogens is 3. The molecule has 0 atom stereocenters. The van der Waals surface area contributed by atoms with Crippen LogP contribution in [-0.2, 0) is 13.6 Å². The monoisotopic (exact) mass is 295 g/mol. The SMILES string of the molecule is CN(Cc1nccn1C)c1ncc(N)cc1Br. The molecule has 0 aromatic carbocycles. The molecule has 2 rings (SSSR count). The molecular weight excluding hydrogens is 282 g/mol. The number of pyridine rings is 1. The summed E-state index contributed by atoms with van der Waals surface area (Å²) in [5, 5.41) is 0. The van der Waals surface area contributed by atoms with Gasteiger partial charge in [0.15, 0.2) is 0 Å². The smallest absolute Gasteiger partial charge is 0.143 e. The molecule has 2 aromatic heterocycles. The summed E-state index contributed by atoms with van der Waals surface area (Å²) in [6.07, 6.45) is 5.36. The maximum atomic E-state index is 5.66. The van der Waals surface area contributed by atoms with Crippen LogP contribution < -0.4 is 10.6 Å². The molecule has 6 heteroatoms. The van der Waals surface area contributed by atoms with E-state index >= 15 is 0 Å². The van der Waals surface area contributed by atoms with Crippen molar-refractivity contribution in [2.24, 2.45) is 7.05 Å². The van der Waals surface area contributed by atoms with Crippen molar-refractivity contribution in [2.75, 3.05) is 17.7 Å². The van der Waals surface area contributed by atoms with Crippen LogP contribution in [0.2, 0.25) is 0 Å². The Morgan fingerprint density at radius 3 is 2.82 bits per heavy atom. The zero-order valence-electron chi connectivity index (χ0n) is 9.76. The van der Waals surface area contributed by atoms with E-state index in [0.29, 0.717) is 12.2 Å². The van der Waals surface area contributed by atoms with Gasteiger partial charge in [-0.25, -0.2) is 9.97 Å². The lowest BCUT2D eigenvalue weighted by molar-refractivity contribution is 0.754. The molecule has 0 radical (unpaired) electrons. The molecule has 0 aliphatic rings. The summed E-state index contributed by atoms with van der Waals surface area (Å²) in [4.78, 5) is 10.6. The van der Waals surface area contributed by atoms with E-state index in [1.807, 2.05) is 35.8 Å². The summed E-state index contributed by atoms with van der Waals surface area (Å²) in [5.41, 5.74) is 6.30. The maximum absolute atomic E-state index is 5.66. The van der Waals surface area contributed by atoms with Gasteiger partial charge in [-0.2, -0.15) is 0 Å². The lowest BCUT2D eigenvalue weighted by atomic mass is 10.4. The number of rotatable bonds is 3. The Balaban J connectivity index is 2.20. The molecule has 2 heterocycles. The normalized spacial score (nSPS) is 10.5. The number of nitrogens with zero attached hydrogens (tertiary/aromatic N) is 4. The molecule has 0 aliphatic heterocycles. The second-order valence-corrected chi connectivity index (χ2v) is 4.74. The molecular formula is C11H14BrN5. The minimum atomic E-state index is 0.644. The highest BCUT2D eigenvalue weighted by Gasteiger charge is 2.10. The van der Waals surface area contributed by atoms with E-state index in [1.165, 1.54) is 0 Å². The van der Waals surface area contributed by atoms with Crippen molar-refractivity contribution < 1.29 is 0 Å². The second kappa shape index (κ2) is 4.75. The first-order valence-corrected chi connectivity index (χ1v) is 5.95. The first-order valence-electron chi connectivity index (χ1n) is 5.16. The molecule has 0 aliphatic carbocycles. The molecule has 0 amide bonds. The van der Waals surface area contributed by atoms with Gasteiger partial charge in [-0.15, -0.1) is 0 Å². The van der Waals surface area contributed by atoms with Gasteiger partial charge in [-0.3, -0.25) is 0 Å². The van der Waals surface area contributed by atoms with Crippen LogP contribution in [0.1, 0.15) is 5.82 Å². The number of halogens is 1. The molecule has 0 spiro atoms. The highest BCUT2D eigenvalue weighted by atomic mass is 79.9. The van der Waals surface area contributed by atoms with Gasteiger partial charge >= 0.3 is 0 Å². The van der Waals surface area contributed by atoms with E-state index in [2.05, 4.69) is 25.9 Å². The van der Waals surface area contributed by atoms with Crippen molar-refractivity contribution in [2.45, 2.75) is 6.54 Å². The van der Waals surface area contributed by atoms with E-state index in [4.69, 9.17) is 5.73 Å². The van der Waals surface area contributed by atoms with Crippen LogP contribution in [0.15, 0.2) is 29.1 Å². The first-order chi connectivity index (χ1) is 8.08. The summed E-state index contributed by atoms with van der Waals surface area (Å²) in [7, 11) is 3.94. The Kier molecular flexibility index (Phi) is 3.33. The van der Waals surface area contributed by atoms with Crippen LogP contribution in [0.5, 0.6) is 0 Å². The Hall–Kier alpha value is -1.56. The predicted octanol–water partition coefficient (Wildman–Crippen LogP) is 1.80. The molecule has 0 saturated carbocycles. The van der Waals surface area contributed by atoms with Crippen molar-refractivity contribution >= 4 is 27.4 Å². The summed E-state index contributed by atoms with van der Waals surface area (Å²) in [6, 6.07) is 1.84. The molecule has 0 bridgehead atoms. The van der Waals surface area contributed by atoms with Crippen LogP contribution in [0.4, 0.5) is 11.5 Å². The van der Waals surface area contributed by atoms with Gasteiger partial charge in [-0.05, 0) is 22.0 Å². The lowest BCUT2D eigenvalue weighted by Crippen LogP contribution is -2.20. The largest absolute Gasteiger partial charge is 0.397 e. The van der Waals surface area contributed by atoms with Crippen LogP contribution in [0, 0.1) is 0 Å². The van der Waals surface area contributed by atoms with E-state index in [-0.39, 0.29) is 0 Å². The van der Waals surface area contributed by atoms with E-state index in [1.54, 1.807) is 12.4 Å². The third-order valence-electron chi connectivity index (χ3n) is 2.50. The summed E-state index contributed by atoms with van der Waals surface area (Å²) in [6.45, 7) is 0.693. The lowest BCUT2D eigenvalue weighted by Gasteiger charge is -2.19. The van der Waals surface area contributed by atoms with Gasteiger partial charge in [0, 0.05) is 26.5 Å². The molecule has 0 unspecified atom stereocenters. The molecule has 0 saturated heterocycles. The Morgan fingerprint density at radius 1 is 1.47 bits per heavy atom. The van der Waals surface area contributed by atoms with E-state index < -0.39 is 0 Å². The van der Waals surface area contributed by atoms with Crippen molar-refractivity contribution in [3.63, 3.8) is 0 Å². The van der Waals surface area contributed by atoms with E-state index in [0.717, 1.165) is 16.1 Å². The number of hydrogen-bond acceptors (Lipinski definition) is 4. The Labute approximate surface area is 108 Å². The minimum absolute atomic E-state index is 0.644. The molecule has 2 aromatic rings. The number of aryl methyl sites for hydroxylation is 1. The zero-order valence-corrected chi connectivity index (χ0v) is 11.3. The molecule has 5 nitrogen and oxygen atoms in total. The topological polar surface area (TPSA) is 60.0 Å². The van der Waals surface area contributed by atoms with Gasteiger partial charge in [-0.1, -0.05) is 0 Å². The predicted molar refractivity (Wildman–Crippen MR) is 71.7 cm³/mol. The van der Waals surface area contributed by atoms with Gasteiger partial charge in [0.05, 0.1) is 22.9 Å². The van der Waals surface area contributed by atoms with Crippen LogP contribution in [-0.4, -0.2) is 21.6 Å². The quantitative estimate of drug-likeness (QED) is 0.938. The average Bonchev–Trinajstić information content (AvgIpc) is 2.64. The fourth-order valence-electron chi connectivity index (χ4n) is 1.56. The summed E-state index contributed by atoms with van der Waals surface area (Å²) < 4.78 is 2.87. The zero-order chi connectivity index (χ0) is 12.4. The number of nitrogens with two attached hydrogens (primary N) is 1. The molecule has 2 N–H and O–H groups in total. The Bertz CT molecular complexity index is 522. The third kappa shape index (κ3) is 2.58. The third-order valence-corrected chi connectivity index (χ3v) is 3.09. The Morgan fingerprint density at radius 2 is 2.24 bits per heavy atom. The first kappa shape index (κ1) is 11.9. The van der Waals surface area contributed by atoms with Crippen molar-refractivity contribution in [3.05, 3.63) is 35.0 Å². The van der Waals surface area contributed by atoms with Crippen molar-refractivity contribution in [1.29, 1.82) is 0 Å². The minimum Gasteiger partial charge on any atom is -0.397 e. The number of anilines is 2. The fourth-order valence-corrected chi connectivity index (χ4v) is 2.23. The number of hydrogen-bond donors (Lipinski definition) is 1. The highest BCUT2D eigenvalue weighted by molar-refractivity contribution is 9.10. The summed E-state index contributed by atoms with van der Waals surface area (Å²) in [5.74, 6) is 1.83. The van der Waals surface area contributed by atoms with Crippen LogP contribution in [0.25, 0.3) is 0 Å². The van der Waals surface area contributed by atoms with Crippen LogP contribution in [0.3, 0.4) is 0 Å². The fraction of sp³-hybridized carbons (Fsp3) is 0.273.